The van der Waals surface area contributed by atoms with Gasteiger partial charge in [0.2, 0.25) is 5.91 Å². The van der Waals surface area contributed by atoms with Crippen molar-refractivity contribution in [2.75, 3.05) is 17.5 Å². The van der Waals surface area contributed by atoms with Crippen LogP contribution >= 0.6 is 11.6 Å². The number of rotatable bonds is 9. The van der Waals surface area contributed by atoms with E-state index in [4.69, 9.17) is 16.3 Å². The van der Waals surface area contributed by atoms with Crippen LogP contribution in [0.15, 0.2) is 71.6 Å². The fourth-order valence-electron chi connectivity index (χ4n) is 4.34. The van der Waals surface area contributed by atoms with Crippen LogP contribution < -0.4 is 14.4 Å². The minimum Gasteiger partial charge on any atom is -0.492 e. The summed E-state index contributed by atoms with van der Waals surface area (Å²) < 4.78 is 34.1. The Hall–Kier alpha value is -3.03. The van der Waals surface area contributed by atoms with Crippen molar-refractivity contribution in [1.29, 1.82) is 0 Å². The second-order valence-corrected chi connectivity index (χ2v) is 10.8. The molecule has 6 nitrogen and oxygen atoms in total. The van der Waals surface area contributed by atoms with E-state index in [-0.39, 0.29) is 10.9 Å². The molecule has 1 atom stereocenters. The van der Waals surface area contributed by atoms with Crippen molar-refractivity contribution in [3.8, 4) is 5.75 Å². The molecule has 1 aliphatic rings. The van der Waals surface area contributed by atoms with Crippen LogP contribution in [0.3, 0.4) is 0 Å². The van der Waals surface area contributed by atoms with Gasteiger partial charge in [0, 0.05) is 5.02 Å². The first-order chi connectivity index (χ1) is 16.8. The highest BCUT2D eigenvalue weighted by Crippen LogP contribution is 2.33. The molecule has 0 radical (unpaired) electrons. The normalized spacial score (nSPS) is 13.7. The lowest BCUT2D eigenvalue weighted by Crippen LogP contribution is -2.41. The van der Waals surface area contributed by atoms with Crippen molar-refractivity contribution in [3.05, 3.63) is 88.4 Å². The third-order valence-electron chi connectivity index (χ3n) is 6.12. The van der Waals surface area contributed by atoms with Gasteiger partial charge in [-0.05, 0) is 86.2 Å². The third kappa shape index (κ3) is 5.63. The Kier molecular flexibility index (Phi) is 7.67. The summed E-state index contributed by atoms with van der Waals surface area (Å²) in [5, 5.41) is 3.39. The second kappa shape index (κ2) is 10.7. The molecular formula is C27H29ClN2O4S. The SMILES string of the molecule is CCOc1ccccc1N(CC(=O)N[C@H](C)c1ccc2c(c1)CCC2)S(=O)(=O)c1ccc(Cl)cc1. The predicted molar refractivity (Wildman–Crippen MR) is 139 cm³/mol. The van der Waals surface area contributed by atoms with Crippen LogP contribution in [0.5, 0.6) is 5.75 Å². The molecule has 3 aromatic carbocycles. The van der Waals surface area contributed by atoms with E-state index in [1.165, 1.54) is 35.4 Å². The van der Waals surface area contributed by atoms with E-state index in [1.54, 1.807) is 24.3 Å². The van der Waals surface area contributed by atoms with Gasteiger partial charge in [-0.15, -0.1) is 0 Å². The molecule has 0 saturated carbocycles. The van der Waals surface area contributed by atoms with Crippen molar-refractivity contribution < 1.29 is 17.9 Å². The van der Waals surface area contributed by atoms with Gasteiger partial charge in [0.15, 0.2) is 0 Å². The predicted octanol–water partition coefficient (Wildman–Crippen LogP) is 5.30. The van der Waals surface area contributed by atoms with Crippen LogP contribution in [0.2, 0.25) is 5.02 Å². The Labute approximate surface area is 211 Å². The third-order valence-corrected chi connectivity index (χ3v) is 8.15. The molecule has 8 heteroatoms. The number of halogens is 1. The largest absolute Gasteiger partial charge is 0.492 e. The van der Waals surface area contributed by atoms with Crippen molar-refractivity contribution in [2.45, 2.75) is 44.0 Å². The number of carbonyl (C=O) groups is 1. The van der Waals surface area contributed by atoms with Crippen molar-refractivity contribution in [3.63, 3.8) is 0 Å². The molecule has 0 aliphatic heterocycles. The lowest BCUT2D eigenvalue weighted by atomic mass is 10.0. The number of benzene rings is 3. The molecule has 1 aliphatic carbocycles. The number of ether oxygens (including phenoxy) is 1. The number of fused-ring (bicyclic) bond motifs is 1. The summed E-state index contributed by atoms with van der Waals surface area (Å²) in [7, 11) is -4.08. The van der Waals surface area contributed by atoms with Gasteiger partial charge in [-0.25, -0.2) is 8.42 Å². The van der Waals surface area contributed by atoms with Gasteiger partial charge in [-0.2, -0.15) is 0 Å². The average molecular weight is 513 g/mol. The number of anilines is 1. The first kappa shape index (κ1) is 25.1. The Balaban J connectivity index is 1.62. The topological polar surface area (TPSA) is 75.7 Å². The molecule has 0 aromatic heterocycles. The first-order valence-corrected chi connectivity index (χ1v) is 13.5. The second-order valence-electron chi connectivity index (χ2n) is 8.54. The maximum Gasteiger partial charge on any atom is 0.264 e. The molecule has 0 bridgehead atoms. The number of nitrogens with zero attached hydrogens (tertiary/aromatic N) is 1. The molecule has 1 N–H and O–H groups in total. The monoisotopic (exact) mass is 512 g/mol. The summed E-state index contributed by atoms with van der Waals surface area (Å²) in [6.07, 6.45) is 3.29. The zero-order valence-corrected chi connectivity index (χ0v) is 21.4. The highest BCUT2D eigenvalue weighted by atomic mass is 35.5. The van der Waals surface area contributed by atoms with Gasteiger partial charge in [0.1, 0.15) is 12.3 Å². The molecule has 3 aromatic rings. The Morgan fingerprint density at radius 1 is 1.06 bits per heavy atom. The minimum absolute atomic E-state index is 0.0349. The van der Waals surface area contributed by atoms with E-state index < -0.39 is 22.5 Å². The number of hydrogen-bond donors (Lipinski definition) is 1. The fraction of sp³-hybridized carbons (Fsp3) is 0.296. The highest BCUT2D eigenvalue weighted by molar-refractivity contribution is 7.92. The minimum atomic E-state index is -4.08. The summed E-state index contributed by atoms with van der Waals surface area (Å²) in [4.78, 5) is 13.2. The standard InChI is InChI=1S/C27H29ClN2O4S/c1-3-34-26-10-5-4-9-25(26)30(35(32,33)24-15-13-23(28)14-16-24)18-27(31)29-19(2)21-12-11-20-7-6-8-22(20)17-21/h4-5,9-17,19H,3,6-8,18H2,1-2H3,(H,29,31)/t19-/m1/s1. The van der Waals surface area contributed by atoms with E-state index in [0.717, 1.165) is 29.1 Å². The molecule has 0 saturated heterocycles. The average Bonchev–Trinajstić information content (AvgIpc) is 3.31. The van der Waals surface area contributed by atoms with Gasteiger partial charge in [0.25, 0.3) is 10.0 Å². The Morgan fingerprint density at radius 3 is 2.51 bits per heavy atom. The molecule has 0 unspecified atom stereocenters. The summed E-state index contributed by atoms with van der Waals surface area (Å²) >= 11 is 5.97. The van der Waals surface area contributed by atoms with E-state index in [1.807, 2.05) is 19.9 Å². The first-order valence-electron chi connectivity index (χ1n) is 11.7. The van der Waals surface area contributed by atoms with Crippen LogP contribution in [-0.2, 0) is 27.7 Å². The quantitative estimate of drug-likeness (QED) is 0.422. The number of amides is 1. The van der Waals surface area contributed by atoms with E-state index >= 15 is 0 Å². The molecule has 0 heterocycles. The molecule has 35 heavy (non-hydrogen) atoms. The van der Waals surface area contributed by atoms with Gasteiger partial charge >= 0.3 is 0 Å². The van der Waals surface area contributed by atoms with Crippen molar-refractivity contribution >= 4 is 33.2 Å². The molecular weight excluding hydrogens is 484 g/mol. The number of para-hydroxylation sites is 2. The lowest BCUT2D eigenvalue weighted by molar-refractivity contribution is -0.120. The van der Waals surface area contributed by atoms with Crippen LogP contribution in [0, 0.1) is 0 Å². The Morgan fingerprint density at radius 2 is 1.77 bits per heavy atom. The number of nitrogens with one attached hydrogen (secondary N) is 1. The molecule has 1 amide bonds. The summed E-state index contributed by atoms with van der Waals surface area (Å²) in [5.41, 5.74) is 3.98. The fourth-order valence-corrected chi connectivity index (χ4v) is 5.89. The maximum atomic E-state index is 13.7. The van der Waals surface area contributed by atoms with Gasteiger partial charge < -0.3 is 10.1 Å². The highest BCUT2D eigenvalue weighted by Gasteiger charge is 2.30. The van der Waals surface area contributed by atoms with Crippen LogP contribution in [-0.4, -0.2) is 27.5 Å². The molecule has 0 fully saturated rings. The summed E-state index contributed by atoms with van der Waals surface area (Å²) in [6.45, 7) is 3.68. The van der Waals surface area contributed by atoms with Gasteiger partial charge in [-0.1, -0.05) is 41.9 Å². The summed E-state index contributed by atoms with van der Waals surface area (Å²) in [5.74, 6) is -0.0335. The molecule has 0 spiro atoms. The summed E-state index contributed by atoms with van der Waals surface area (Å²) in [6, 6.07) is 18.7. The van der Waals surface area contributed by atoms with Crippen LogP contribution in [0.4, 0.5) is 5.69 Å². The smallest absolute Gasteiger partial charge is 0.264 e. The van der Waals surface area contributed by atoms with E-state index in [9.17, 15) is 13.2 Å². The number of aryl methyl sites for hydroxylation is 2. The Bertz CT molecular complexity index is 1310. The van der Waals surface area contributed by atoms with Crippen LogP contribution in [0.1, 0.15) is 43.0 Å². The van der Waals surface area contributed by atoms with Crippen molar-refractivity contribution in [1.82, 2.24) is 5.32 Å². The number of hydrogen-bond acceptors (Lipinski definition) is 4. The van der Waals surface area contributed by atoms with Crippen molar-refractivity contribution in [2.24, 2.45) is 0 Å². The zero-order valence-electron chi connectivity index (χ0n) is 19.8. The molecule has 184 valence electrons. The number of sulfonamides is 1. The van der Waals surface area contributed by atoms with Gasteiger partial charge in [0.05, 0.1) is 23.2 Å². The molecule has 4 rings (SSSR count). The van der Waals surface area contributed by atoms with Gasteiger partial charge in [-0.3, -0.25) is 9.10 Å². The maximum absolute atomic E-state index is 13.7. The van der Waals surface area contributed by atoms with E-state index in [2.05, 4.69) is 17.4 Å². The van der Waals surface area contributed by atoms with Crippen LogP contribution in [0.25, 0.3) is 0 Å². The number of carbonyl (C=O) groups excluding carboxylic acids is 1. The van der Waals surface area contributed by atoms with E-state index in [0.29, 0.717) is 23.1 Å². The lowest BCUT2D eigenvalue weighted by Gasteiger charge is -2.26. The zero-order chi connectivity index (χ0) is 25.0.